The minimum absolute atomic E-state index is 0.155. The Kier molecular flexibility index (Phi) is 8.82. The van der Waals surface area contributed by atoms with Gasteiger partial charge in [-0.05, 0) is 90.5 Å². The van der Waals surface area contributed by atoms with Gasteiger partial charge in [-0.15, -0.1) is 0 Å². The highest BCUT2D eigenvalue weighted by Crippen LogP contribution is 2.34. The topological polar surface area (TPSA) is 102 Å². The Morgan fingerprint density at radius 1 is 1.08 bits per heavy atom. The minimum Gasteiger partial charge on any atom is -0.490 e. The second-order valence-corrected chi connectivity index (χ2v) is 10.0. The van der Waals surface area contributed by atoms with E-state index in [2.05, 4.69) is 54.4 Å². The van der Waals surface area contributed by atoms with Gasteiger partial charge >= 0.3 is 5.91 Å². The van der Waals surface area contributed by atoms with Crippen LogP contribution in [0.15, 0.2) is 74.7 Å². The van der Waals surface area contributed by atoms with Crippen LogP contribution in [-0.4, -0.2) is 31.2 Å². The molecule has 37 heavy (non-hydrogen) atoms. The third kappa shape index (κ3) is 7.10. The smallest absolute Gasteiger partial charge is 0.307 e. The van der Waals surface area contributed by atoms with Gasteiger partial charge in [0.1, 0.15) is 5.58 Å². The second kappa shape index (κ2) is 12.2. The van der Waals surface area contributed by atoms with Crippen molar-refractivity contribution in [3.8, 4) is 11.5 Å². The lowest BCUT2D eigenvalue weighted by atomic mass is 10.2. The number of rotatable bonds is 9. The van der Waals surface area contributed by atoms with E-state index in [4.69, 9.17) is 13.9 Å². The van der Waals surface area contributed by atoms with Gasteiger partial charge < -0.3 is 19.2 Å². The third-order valence-electron chi connectivity index (χ3n) is 5.10. The summed E-state index contributed by atoms with van der Waals surface area (Å²) >= 11 is 5.51. The Balaban J connectivity index is 1.41. The fourth-order valence-electron chi connectivity index (χ4n) is 3.38. The van der Waals surface area contributed by atoms with Crippen molar-refractivity contribution in [2.75, 3.05) is 18.5 Å². The third-order valence-corrected chi connectivity index (χ3v) is 6.39. The Morgan fingerprint density at radius 2 is 1.86 bits per heavy atom. The molecule has 0 aliphatic rings. The normalized spacial score (nSPS) is 11.0. The monoisotopic (exact) mass is 675 g/mol. The predicted octanol–water partition coefficient (Wildman–Crippen LogP) is 6.29. The summed E-state index contributed by atoms with van der Waals surface area (Å²) in [5.41, 5.74) is 5.56. The zero-order chi connectivity index (χ0) is 26.4. The maximum atomic E-state index is 12.5. The molecule has 4 rings (SSSR count). The number of carbonyl (C=O) groups is 2. The molecule has 0 spiro atoms. The fourth-order valence-corrected chi connectivity index (χ4v) is 4.54. The molecule has 3 aromatic carbocycles. The average Bonchev–Trinajstić information content (AvgIpc) is 3.28. The van der Waals surface area contributed by atoms with Gasteiger partial charge in [0.05, 0.1) is 16.4 Å². The molecule has 0 bridgehead atoms. The van der Waals surface area contributed by atoms with E-state index in [0.29, 0.717) is 34.9 Å². The van der Waals surface area contributed by atoms with Gasteiger partial charge in [-0.3, -0.25) is 9.59 Å². The number of hydrazone groups is 1. The van der Waals surface area contributed by atoms with Crippen molar-refractivity contribution in [1.82, 2.24) is 5.43 Å². The molecule has 0 saturated heterocycles. The van der Waals surface area contributed by atoms with Crippen LogP contribution < -0.4 is 20.2 Å². The number of benzene rings is 3. The minimum atomic E-state index is -0.470. The van der Waals surface area contributed by atoms with Crippen molar-refractivity contribution in [3.05, 3.63) is 85.6 Å². The molecule has 10 heteroatoms. The maximum Gasteiger partial charge on any atom is 0.307 e. The van der Waals surface area contributed by atoms with E-state index >= 15 is 0 Å². The van der Waals surface area contributed by atoms with E-state index in [9.17, 15) is 9.59 Å². The Labute approximate surface area is 235 Å². The quantitative estimate of drug-likeness (QED) is 0.123. The predicted molar refractivity (Wildman–Crippen MR) is 155 cm³/mol. The number of anilines is 1. The molecule has 1 aromatic heterocycles. The van der Waals surface area contributed by atoms with Crippen molar-refractivity contribution in [2.45, 2.75) is 13.8 Å². The largest absolute Gasteiger partial charge is 0.490 e. The molecular weight excluding hydrogens is 653 g/mol. The highest BCUT2D eigenvalue weighted by atomic mass is 127. The van der Waals surface area contributed by atoms with Gasteiger partial charge in [0.2, 0.25) is 0 Å². The summed E-state index contributed by atoms with van der Waals surface area (Å²) in [4.78, 5) is 24.8. The number of halogens is 2. The molecule has 0 aliphatic heterocycles. The molecule has 0 atom stereocenters. The first-order valence-electron chi connectivity index (χ1n) is 11.3. The molecule has 190 valence electrons. The van der Waals surface area contributed by atoms with Crippen LogP contribution in [0.5, 0.6) is 11.5 Å². The molecular formula is C27H23BrIN3O5. The Hall–Kier alpha value is -3.38. The number of nitrogens with one attached hydrogen (secondary N) is 2. The van der Waals surface area contributed by atoms with E-state index in [-0.39, 0.29) is 18.3 Å². The van der Waals surface area contributed by atoms with Crippen LogP contribution in [-0.2, 0) is 4.79 Å². The number of nitrogens with zero attached hydrogens (tertiary/aromatic N) is 1. The lowest BCUT2D eigenvalue weighted by Crippen LogP contribution is -2.20. The molecule has 0 unspecified atom stereocenters. The highest BCUT2D eigenvalue weighted by Gasteiger charge is 2.15. The average molecular weight is 676 g/mol. The SMILES string of the molecule is CCOc1cc(/C=N/NC(=O)c2cc3cc(Br)ccc3o2)cc(I)c1OCC(=O)Nc1ccc(C)cc1. The van der Waals surface area contributed by atoms with E-state index < -0.39 is 5.91 Å². The van der Waals surface area contributed by atoms with Crippen LogP contribution in [0.25, 0.3) is 11.0 Å². The standard InChI is InChI=1S/C27H23BrIN3O5/c1-3-35-23-11-17(14-30-32-27(34)24-13-18-12-19(28)6-9-22(18)37-24)10-21(29)26(23)36-15-25(33)31-20-7-4-16(2)5-8-20/h4-14H,3,15H2,1-2H3,(H,31,33)(H,32,34)/b30-14+. The summed E-state index contributed by atoms with van der Waals surface area (Å²) in [6.45, 7) is 4.06. The van der Waals surface area contributed by atoms with Crippen molar-refractivity contribution in [3.63, 3.8) is 0 Å². The maximum absolute atomic E-state index is 12.5. The number of hydrogen-bond donors (Lipinski definition) is 2. The number of fused-ring (bicyclic) bond motifs is 1. The first-order valence-corrected chi connectivity index (χ1v) is 13.2. The molecule has 0 radical (unpaired) electrons. The van der Waals surface area contributed by atoms with Crippen LogP contribution in [0.1, 0.15) is 28.6 Å². The van der Waals surface area contributed by atoms with E-state index in [1.807, 2.05) is 56.3 Å². The Bertz CT molecular complexity index is 1470. The number of hydrogen-bond acceptors (Lipinski definition) is 6. The van der Waals surface area contributed by atoms with Crippen LogP contribution in [0.4, 0.5) is 5.69 Å². The molecule has 2 amide bonds. The zero-order valence-electron chi connectivity index (χ0n) is 20.0. The highest BCUT2D eigenvalue weighted by molar-refractivity contribution is 14.1. The number of amides is 2. The van der Waals surface area contributed by atoms with Crippen molar-refractivity contribution >= 4 is 73.2 Å². The van der Waals surface area contributed by atoms with Crippen molar-refractivity contribution < 1.29 is 23.5 Å². The fraction of sp³-hybridized carbons (Fsp3) is 0.148. The van der Waals surface area contributed by atoms with Gasteiger partial charge in [0.15, 0.2) is 23.9 Å². The molecule has 4 aromatic rings. The number of aryl methyl sites for hydroxylation is 1. The lowest BCUT2D eigenvalue weighted by Gasteiger charge is -2.14. The number of ether oxygens (including phenoxy) is 2. The molecule has 0 aliphatic carbocycles. The van der Waals surface area contributed by atoms with Gasteiger partial charge in [-0.1, -0.05) is 33.6 Å². The summed E-state index contributed by atoms with van der Waals surface area (Å²) in [5.74, 6) is 0.322. The summed E-state index contributed by atoms with van der Waals surface area (Å²) in [7, 11) is 0. The van der Waals surface area contributed by atoms with E-state index in [1.54, 1.807) is 18.2 Å². The first kappa shape index (κ1) is 26.7. The van der Waals surface area contributed by atoms with Crippen LogP contribution in [0.3, 0.4) is 0 Å². The molecule has 0 saturated carbocycles. The van der Waals surface area contributed by atoms with Crippen molar-refractivity contribution in [1.29, 1.82) is 0 Å². The van der Waals surface area contributed by atoms with Gasteiger partial charge in [0, 0.05) is 15.5 Å². The summed E-state index contributed by atoms with van der Waals surface area (Å²) < 4.78 is 18.7. The summed E-state index contributed by atoms with van der Waals surface area (Å²) in [6, 6.07) is 18.2. The van der Waals surface area contributed by atoms with Crippen molar-refractivity contribution in [2.24, 2.45) is 5.10 Å². The zero-order valence-corrected chi connectivity index (χ0v) is 23.8. The number of furan rings is 1. The van der Waals surface area contributed by atoms with Crippen LogP contribution in [0.2, 0.25) is 0 Å². The van der Waals surface area contributed by atoms with Crippen LogP contribution in [0, 0.1) is 10.5 Å². The van der Waals surface area contributed by atoms with E-state index in [1.165, 1.54) is 6.21 Å². The molecule has 8 nitrogen and oxygen atoms in total. The van der Waals surface area contributed by atoms with Gasteiger partial charge in [-0.25, -0.2) is 5.43 Å². The Morgan fingerprint density at radius 3 is 2.62 bits per heavy atom. The molecule has 0 fully saturated rings. The summed E-state index contributed by atoms with van der Waals surface area (Å²) in [6.07, 6.45) is 1.50. The molecule has 1 heterocycles. The number of carbonyl (C=O) groups excluding carboxylic acids is 2. The first-order chi connectivity index (χ1) is 17.8. The van der Waals surface area contributed by atoms with Crippen LogP contribution >= 0.6 is 38.5 Å². The van der Waals surface area contributed by atoms with E-state index in [0.717, 1.165) is 19.0 Å². The molecule has 2 N–H and O–H groups in total. The lowest BCUT2D eigenvalue weighted by molar-refractivity contribution is -0.118. The van der Waals surface area contributed by atoms with Gasteiger partial charge in [0.25, 0.3) is 5.91 Å². The second-order valence-electron chi connectivity index (χ2n) is 7.96. The summed E-state index contributed by atoms with van der Waals surface area (Å²) in [5, 5.41) is 7.66. The van der Waals surface area contributed by atoms with Gasteiger partial charge in [-0.2, -0.15) is 5.10 Å².